The quantitative estimate of drug-likeness (QED) is 0.759. The zero-order chi connectivity index (χ0) is 15.8. The first-order valence-electron chi connectivity index (χ1n) is 7.92. The standard InChI is InChI=1S/C16H30N4O/c1-7-8-14-18-15(17-6)11-16(19-14)21-10-9-20(12(2)3)13(4)5/h11-13H,7-10H2,1-6H3,(H,17,18,19). The largest absolute Gasteiger partial charge is 0.476 e. The average Bonchev–Trinajstić information content (AvgIpc) is 2.42. The van der Waals surface area contributed by atoms with E-state index in [-0.39, 0.29) is 0 Å². The summed E-state index contributed by atoms with van der Waals surface area (Å²) < 4.78 is 5.83. The minimum absolute atomic E-state index is 0.516. The summed E-state index contributed by atoms with van der Waals surface area (Å²) in [5.41, 5.74) is 0. The van der Waals surface area contributed by atoms with Crippen molar-refractivity contribution in [1.82, 2.24) is 14.9 Å². The lowest BCUT2D eigenvalue weighted by atomic mass is 10.2. The van der Waals surface area contributed by atoms with Gasteiger partial charge in [0.25, 0.3) is 0 Å². The van der Waals surface area contributed by atoms with Crippen molar-refractivity contribution in [1.29, 1.82) is 0 Å². The van der Waals surface area contributed by atoms with Gasteiger partial charge in [0.15, 0.2) is 0 Å². The third kappa shape index (κ3) is 5.87. The van der Waals surface area contributed by atoms with Crippen molar-refractivity contribution in [2.24, 2.45) is 0 Å². The molecule has 0 radical (unpaired) electrons. The van der Waals surface area contributed by atoms with Gasteiger partial charge in [-0.25, -0.2) is 4.98 Å². The van der Waals surface area contributed by atoms with Crippen molar-refractivity contribution in [3.05, 3.63) is 11.9 Å². The van der Waals surface area contributed by atoms with Gasteiger partial charge in [-0.15, -0.1) is 0 Å². The van der Waals surface area contributed by atoms with Gasteiger partial charge in [0.2, 0.25) is 5.88 Å². The van der Waals surface area contributed by atoms with E-state index in [4.69, 9.17) is 4.74 Å². The fourth-order valence-electron chi connectivity index (χ4n) is 2.38. The van der Waals surface area contributed by atoms with E-state index in [1.807, 2.05) is 13.1 Å². The predicted molar refractivity (Wildman–Crippen MR) is 88.0 cm³/mol. The average molecular weight is 294 g/mol. The summed E-state index contributed by atoms with van der Waals surface area (Å²) in [5.74, 6) is 2.31. The molecule has 0 aliphatic carbocycles. The van der Waals surface area contributed by atoms with Crippen LogP contribution in [0, 0.1) is 0 Å². The fourth-order valence-corrected chi connectivity index (χ4v) is 2.38. The minimum Gasteiger partial charge on any atom is -0.476 e. The summed E-state index contributed by atoms with van der Waals surface area (Å²) >= 11 is 0. The lowest BCUT2D eigenvalue weighted by Gasteiger charge is -2.30. The van der Waals surface area contributed by atoms with Crippen molar-refractivity contribution in [2.45, 2.75) is 59.5 Å². The molecule has 1 rings (SSSR count). The lowest BCUT2D eigenvalue weighted by molar-refractivity contribution is 0.140. The summed E-state index contributed by atoms with van der Waals surface area (Å²) in [4.78, 5) is 11.3. The number of hydrogen-bond donors (Lipinski definition) is 1. The Morgan fingerprint density at radius 3 is 2.38 bits per heavy atom. The molecule has 0 saturated carbocycles. The summed E-state index contributed by atoms with van der Waals surface area (Å²) in [6, 6.07) is 2.89. The van der Waals surface area contributed by atoms with Crippen LogP contribution in [0.1, 0.15) is 46.9 Å². The van der Waals surface area contributed by atoms with Gasteiger partial charge in [-0.1, -0.05) is 6.92 Å². The van der Waals surface area contributed by atoms with Crippen LogP contribution in [0.2, 0.25) is 0 Å². The van der Waals surface area contributed by atoms with Gasteiger partial charge in [0.1, 0.15) is 18.2 Å². The summed E-state index contributed by atoms with van der Waals surface area (Å²) in [6.45, 7) is 12.5. The van der Waals surface area contributed by atoms with Crippen LogP contribution in [-0.2, 0) is 6.42 Å². The second-order valence-electron chi connectivity index (χ2n) is 5.78. The molecule has 21 heavy (non-hydrogen) atoms. The van der Waals surface area contributed by atoms with Crippen LogP contribution in [0.15, 0.2) is 6.07 Å². The molecule has 0 bridgehead atoms. The Labute approximate surface area is 129 Å². The van der Waals surface area contributed by atoms with Crippen molar-refractivity contribution in [3.63, 3.8) is 0 Å². The maximum absolute atomic E-state index is 5.83. The molecule has 0 fully saturated rings. The third-order valence-corrected chi connectivity index (χ3v) is 3.40. The summed E-state index contributed by atoms with van der Waals surface area (Å²) in [6.07, 6.45) is 1.90. The van der Waals surface area contributed by atoms with Gasteiger partial charge in [-0.3, -0.25) is 4.90 Å². The van der Waals surface area contributed by atoms with E-state index in [2.05, 4.69) is 54.8 Å². The summed E-state index contributed by atoms with van der Waals surface area (Å²) in [5, 5.41) is 3.06. The Hall–Kier alpha value is -1.36. The number of aryl methyl sites for hydroxylation is 1. The molecule has 0 amide bonds. The van der Waals surface area contributed by atoms with Gasteiger partial charge in [-0.2, -0.15) is 4.98 Å². The molecule has 1 N–H and O–H groups in total. The highest BCUT2D eigenvalue weighted by molar-refractivity contribution is 5.37. The molecule has 0 aliphatic heterocycles. The molecule has 1 aromatic heterocycles. The lowest BCUT2D eigenvalue weighted by Crippen LogP contribution is -2.39. The first-order chi connectivity index (χ1) is 9.97. The Morgan fingerprint density at radius 1 is 1.19 bits per heavy atom. The molecule has 1 heterocycles. The van der Waals surface area contributed by atoms with Crippen molar-refractivity contribution in [2.75, 3.05) is 25.5 Å². The van der Waals surface area contributed by atoms with E-state index in [9.17, 15) is 0 Å². The van der Waals surface area contributed by atoms with Crippen LogP contribution in [0.3, 0.4) is 0 Å². The number of aromatic nitrogens is 2. The molecular weight excluding hydrogens is 264 g/mol. The highest BCUT2D eigenvalue weighted by Gasteiger charge is 2.13. The molecule has 0 atom stereocenters. The second kappa shape index (κ2) is 8.82. The van der Waals surface area contributed by atoms with Crippen LogP contribution < -0.4 is 10.1 Å². The number of hydrogen-bond acceptors (Lipinski definition) is 5. The number of nitrogens with zero attached hydrogens (tertiary/aromatic N) is 3. The van der Waals surface area contributed by atoms with Crippen LogP contribution in [0.5, 0.6) is 5.88 Å². The molecule has 5 nitrogen and oxygen atoms in total. The maximum Gasteiger partial charge on any atom is 0.218 e. The van der Waals surface area contributed by atoms with Crippen molar-refractivity contribution < 1.29 is 4.74 Å². The van der Waals surface area contributed by atoms with Gasteiger partial charge in [0, 0.05) is 38.2 Å². The fraction of sp³-hybridized carbons (Fsp3) is 0.750. The van der Waals surface area contributed by atoms with E-state index in [0.717, 1.165) is 31.0 Å². The van der Waals surface area contributed by atoms with Crippen molar-refractivity contribution in [3.8, 4) is 5.88 Å². The predicted octanol–water partition coefficient (Wildman–Crippen LogP) is 2.97. The summed E-state index contributed by atoms with van der Waals surface area (Å²) in [7, 11) is 1.86. The zero-order valence-corrected chi connectivity index (χ0v) is 14.3. The monoisotopic (exact) mass is 294 g/mol. The molecule has 5 heteroatoms. The number of nitrogens with one attached hydrogen (secondary N) is 1. The van der Waals surface area contributed by atoms with Crippen LogP contribution in [0.25, 0.3) is 0 Å². The third-order valence-electron chi connectivity index (χ3n) is 3.40. The first-order valence-corrected chi connectivity index (χ1v) is 7.92. The molecule has 0 aromatic carbocycles. The first kappa shape index (κ1) is 17.7. The van der Waals surface area contributed by atoms with Gasteiger partial charge >= 0.3 is 0 Å². The molecule has 120 valence electrons. The number of ether oxygens (including phenoxy) is 1. The van der Waals surface area contributed by atoms with E-state index < -0.39 is 0 Å². The van der Waals surface area contributed by atoms with E-state index >= 15 is 0 Å². The topological polar surface area (TPSA) is 50.3 Å². The number of anilines is 1. The number of rotatable bonds is 9. The maximum atomic E-state index is 5.83. The second-order valence-corrected chi connectivity index (χ2v) is 5.78. The zero-order valence-electron chi connectivity index (χ0n) is 14.3. The van der Waals surface area contributed by atoms with E-state index in [0.29, 0.717) is 24.6 Å². The highest BCUT2D eigenvalue weighted by atomic mass is 16.5. The Balaban J connectivity index is 2.63. The Kier molecular flexibility index (Phi) is 7.43. The Bertz CT molecular complexity index is 413. The Morgan fingerprint density at radius 2 is 1.86 bits per heavy atom. The molecule has 1 aromatic rings. The molecule has 0 saturated heterocycles. The molecule has 0 aliphatic rings. The highest BCUT2D eigenvalue weighted by Crippen LogP contribution is 2.14. The van der Waals surface area contributed by atoms with E-state index in [1.54, 1.807) is 0 Å². The van der Waals surface area contributed by atoms with E-state index in [1.165, 1.54) is 0 Å². The molecule has 0 spiro atoms. The van der Waals surface area contributed by atoms with Gasteiger partial charge in [-0.05, 0) is 34.1 Å². The molecule has 0 unspecified atom stereocenters. The van der Waals surface area contributed by atoms with Crippen LogP contribution in [-0.4, -0.2) is 47.2 Å². The van der Waals surface area contributed by atoms with Gasteiger partial charge < -0.3 is 10.1 Å². The smallest absolute Gasteiger partial charge is 0.218 e. The van der Waals surface area contributed by atoms with Gasteiger partial charge in [0.05, 0.1) is 0 Å². The minimum atomic E-state index is 0.516. The van der Waals surface area contributed by atoms with Crippen LogP contribution in [0.4, 0.5) is 5.82 Å². The van der Waals surface area contributed by atoms with Crippen molar-refractivity contribution >= 4 is 5.82 Å². The van der Waals surface area contributed by atoms with Crippen LogP contribution >= 0.6 is 0 Å². The molecular formula is C16H30N4O. The SMILES string of the molecule is CCCc1nc(NC)cc(OCCN(C(C)C)C(C)C)n1. The normalized spacial score (nSPS) is 11.5.